The number of anilines is 3. The fourth-order valence-electron chi connectivity index (χ4n) is 3.73. The van der Waals surface area contributed by atoms with E-state index in [0.717, 1.165) is 39.1 Å². The number of hydrogen-bond donors (Lipinski definition) is 3. The number of nitrogens with one attached hydrogen (secondary N) is 3. The first-order valence-electron chi connectivity index (χ1n) is 8.41. The van der Waals surface area contributed by atoms with Gasteiger partial charge in [0.25, 0.3) is 0 Å². The monoisotopic (exact) mass is 330 g/mol. The van der Waals surface area contributed by atoms with Crippen LogP contribution in [0.1, 0.15) is 31.1 Å². The molecular formula is C20H18N4O. The maximum atomic E-state index is 12.2. The van der Waals surface area contributed by atoms with E-state index >= 15 is 0 Å². The van der Waals surface area contributed by atoms with E-state index in [-0.39, 0.29) is 12.1 Å². The molecule has 0 radical (unpaired) electrons. The van der Waals surface area contributed by atoms with Crippen LogP contribution >= 0.6 is 0 Å². The Kier molecular flexibility index (Phi) is 2.70. The summed E-state index contributed by atoms with van der Waals surface area (Å²) >= 11 is 0. The number of aromatic nitrogens is 1. The average molecular weight is 330 g/mol. The molecule has 0 spiro atoms. The number of carbonyl (C=O) groups excluding carboxylic acids is 1. The van der Waals surface area contributed by atoms with E-state index < -0.39 is 5.41 Å². The van der Waals surface area contributed by atoms with Gasteiger partial charge in [-0.2, -0.15) is 0 Å². The molecule has 25 heavy (non-hydrogen) atoms. The highest BCUT2D eigenvalue weighted by Crippen LogP contribution is 2.46. The van der Waals surface area contributed by atoms with Crippen LogP contribution in [0.3, 0.4) is 0 Å². The standard InChI is InChI=1S/C20H18N4O/c1-20(2)13-9-16-17(10-15(13)24-19(20)25)23-18(22-16)12-7-8-21-14-6-4-3-5-11(12)14/h3-10,18,22-23H,1-2H3,(H,24,25). The molecule has 124 valence electrons. The van der Waals surface area contributed by atoms with Crippen LogP contribution < -0.4 is 16.0 Å². The SMILES string of the molecule is CC1(C)C(=O)Nc2cc3c(cc21)NC(c1ccnc2ccccc12)N3. The van der Waals surface area contributed by atoms with Crippen molar-refractivity contribution in [2.75, 3.05) is 16.0 Å². The number of amides is 1. The smallest absolute Gasteiger partial charge is 0.234 e. The molecule has 3 N–H and O–H groups in total. The van der Waals surface area contributed by atoms with Gasteiger partial charge < -0.3 is 16.0 Å². The third kappa shape index (κ3) is 1.95. The van der Waals surface area contributed by atoms with Crippen LogP contribution in [0.2, 0.25) is 0 Å². The Bertz CT molecular complexity index is 1040. The summed E-state index contributed by atoms with van der Waals surface area (Å²) in [6.07, 6.45) is 1.82. The first-order chi connectivity index (χ1) is 12.0. The minimum Gasteiger partial charge on any atom is -0.360 e. The van der Waals surface area contributed by atoms with E-state index in [1.54, 1.807) is 0 Å². The maximum Gasteiger partial charge on any atom is 0.234 e. The minimum atomic E-state index is -0.506. The number of rotatable bonds is 1. The van der Waals surface area contributed by atoms with Crippen molar-refractivity contribution in [2.24, 2.45) is 0 Å². The first kappa shape index (κ1) is 14.3. The third-order valence-electron chi connectivity index (χ3n) is 5.24. The summed E-state index contributed by atoms with van der Waals surface area (Å²) in [6, 6.07) is 14.3. The molecule has 0 bridgehead atoms. The predicted octanol–water partition coefficient (Wildman–Crippen LogP) is 4.00. The van der Waals surface area contributed by atoms with Gasteiger partial charge >= 0.3 is 0 Å². The highest BCUT2D eigenvalue weighted by atomic mass is 16.2. The molecule has 1 atom stereocenters. The van der Waals surface area contributed by atoms with Crippen LogP contribution in [0.4, 0.5) is 17.1 Å². The van der Waals surface area contributed by atoms with E-state index in [4.69, 9.17) is 0 Å². The van der Waals surface area contributed by atoms with E-state index in [1.807, 2.05) is 50.4 Å². The zero-order valence-corrected chi connectivity index (χ0v) is 14.1. The van der Waals surface area contributed by atoms with Gasteiger partial charge in [-0.05, 0) is 43.7 Å². The van der Waals surface area contributed by atoms with Crippen LogP contribution in [0.5, 0.6) is 0 Å². The fourth-order valence-corrected chi connectivity index (χ4v) is 3.73. The summed E-state index contributed by atoms with van der Waals surface area (Å²) in [4.78, 5) is 16.6. The summed E-state index contributed by atoms with van der Waals surface area (Å²) in [5, 5.41) is 11.2. The second-order valence-electron chi connectivity index (χ2n) is 7.16. The van der Waals surface area contributed by atoms with Crippen LogP contribution in [0.25, 0.3) is 10.9 Å². The van der Waals surface area contributed by atoms with Gasteiger partial charge in [-0.25, -0.2) is 0 Å². The third-order valence-corrected chi connectivity index (χ3v) is 5.24. The molecule has 5 heteroatoms. The number of pyridine rings is 1. The Morgan fingerprint density at radius 2 is 1.76 bits per heavy atom. The van der Waals surface area contributed by atoms with Crippen molar-refractivity contribution in [3.8, 4) is 0 Å². The maximum absolute atomic E-state index is 12.2. The Balaban J connectivity index is 1.57. The van der Waals surface area contributed by atoms with E-state index in [1.165, 1.54) is 0 Å². The second-order valence-corrected chi connectivity index (χ2v) is 7.16. The molecular weight excluding hydrogens is 312 g/mol. The molecule has 2 aliphatic heterocycles. The minimum absolute atomic E-state index is 0.0239. The molecule has 1 aromatic heterocycles. The normalized spacial score (nSPS) is 19.8. The van der Waals surface area contributed by atoms with E-state index in [9.17, 15) is 4.79 Å². The quantitative estimate of drug-likeness (QED) is 0.631. The van der Waals surface area contributed by atoms with Gasteiger partial charge in [-0.1, -0.05) is 18.2 Å². The zero-order valence-electron chi connectivity index (χ0n) is 14.1. The summed E-state index contributed by atoms with van der Waals surface area (Å²) < 4.78 is 0. The molecule has 3 heterocycles. The molecule has 0 aliphatic carbocycles. The number of nitrogens with zero attached hydrogens (tertiary/aromatic N) is 1. The van der Waals surface area contributed by atoms with Crippen molar-refractivity contribution < 1.29 is 4.79 Å². The summed E-state index contributed by atoms with van der Waals surface area (Å²) in [5.74, 6) is 0.0443. The first-order valence-corrected chi connectivity index (χ1v) is 8.41. The lowest BCUT2D eigenvalue weighted by Crippen LogP contribution is -2.26. The molecule has 0 fully saturated rings. The summed E-state index contributed by atoms with van der Waals surface area (Å²) in [6.45, 7) is 3.91. The lowest BCUT2D eigenvalue weighted by Gasteiger charge is -2.16. The fraction of sp³-hybridized carbons (Fsp3) is 0.200. The second kappa shape index (κ2) is 4.72. The molecule has 2 aliphatic rings. The highest BCUT2D eigenvalue weighted by molar-refractivity contribution is 6.07. The van der Waals surface area contributed by atoms with Crippen molar-refractivity contribution in [2.45, 2.75) is 25.4 Å². The highest BCUT2D eigenvalue weighted by Gasteiger charge is 2.40. The summed E-state index contributed by atoms with van der Waals surface area (Å²) in [5.41, 5.74) is 5.58. The molecule has 0 saturated carbocycles. The van der Waals surface area contributed by atoms with Gasteiger partial charge in [0.15, 0.2) is 0 Å². The molecule has 1 unspecified atom stereocenters. The lowest BCUT2D eigenvalue weighted by molar-refractivity contribution is -0.119. The van der Waals surface area contributed by atoms with Gasteiger partial charge in [0, 0.05) is 22.8 Å². The lowest BCUT2D eigenvalue weighted by atomic mass is 9.86. The Labute approximate surface area is 145 Å². The average Bonchev–Trinajstić information content (AvgIpc) is 3.11. The van der Waals surface area contributed by atoms with Crippen LogP contribution in [-0.4, -0.2) is 10.9 Å². The largest absolute Gasteiger partial charge is 0.360 e. The van der Waals surface area contributed by atoms with Crippen molar-refractivity contribution in [3.05, 3.63) is 59.8 Å². The van der Waals surface area contributed by atoms with E-state index in [2.05, 4.69) is 33.1 Å². The van der Waals surface area contributed by atoms with Crippen LogP contribution in [0, 0.1) is 0 Å². The van der Waals surface area contributed by atoms with Gasteiger partial charge in [0.05, 0.1) is 22.3 Å². The summed E-state index contributed by atoms with van der Waals surface area (Å²) in [7, 11) is 0. The Hall–Kier alpha value is -3.08. The number of benzene rings is 2. The topological polar surface area (TPSA) is 66.0 Å². The molecule has 5 nitrogen and oxygen atoms in total. The number of carbonyl (C=O) groups is 1. The Morgan fingerprint density at radius 1 is 1.00 bits per heavy atom. The van der Waals surface area contributed by atoms with Crippen LogP contribution in [0.15, 0.2) is 48.7 Å². The number of para-hydroxylation sites is 1. The van der Waals surface area contributed by atoms with Gasteiger partial charge in [0.1, 0.15) is 6.17 Å². The molecule has 3 aromatic rings. The van der Waals surface area contributed by atoms with Crippen LogP contribution in [-0.2, 0) is 10.2 Å². The predicted molar refractivity (Wildman–Crippen MR) is 99.8 cm³/mol. The van der Waals surface area contributed by atoms with Crippen molar-refractivity contribution in [3.63, 3.8) is 0 Å². The molecule has 1 amide bonds. The van der Waals surface area contributed by atoms with Gasteiger partial charge in [-0.3, -0.25) is 9.78 Å². The van der Waals surface area contributed by atoms with E-state index in [0.29, 0.717) is 0 Å². The Morgan fingerprint density at radius 3 is 2.60 bits per heavy atom. The molecule has 5 rings (SSSR count). The van der Waals surface area contributed by atoms with Crippen molar-refractivity contribution >= 4 is 33.9 Å². The van der Waals surface area contributed by atoms with Crippen molar-refractivity contribution in [1.29, 1.82) is 0 Å². The molecule has 2 aromatic carbocycles. The van der Waals surface area contributed by atoms with Gasteiger partial charge in [0.2, 0.25) is 5.91 Å². The van der Waals surface area contributed by atoms with Gasteiger partial charge in [-0.15, -0.1) is 0 Å². The zero-order chi connectivity index (χ0) is 17.2. The van der Waals surface area contributed by atoms with Crippen molar-refractivity contribution in [1.82, 2.24) is 4.98 Å². The number of hydrogen-bond acceptors (Lipinski definition) is 4. The molecule has 0 saturated heterocycles. The number of fused-ring (bicyclic) bond motifs is 3.